The summed E-state index contributed by atoms with van der Waals surface area (Å²) < 4.78 is 12.0. The van der Waals surface area contributed by atoms with E-state index in [1.807, 2.05) is 12.1 Å². The summed E-state index contributed by atoms with van der Waals surface area (Å²) in [5, 5.41) is 8.80. The zero-order valence-corrected chi connectivity index (χ0v) is 20.4. The van der Waals surface area contributed by atoms with Gasteiger partial charge >= 0.3 is 0 Å². The lowest BCUT2D eigenvalue weighted by Crippen LogP contribution is -2.46. The molecule has 0 unspecified atom stereocenters. The summed E-state index contributed by atoms with van der Waals surface area (Å²) in [5.74, 6) is -0.306. The molecule has 2 aromatic rings. The van der Waals surface area contributed by atoms with Crippen LogP contribution in [0, 0.1) is 11.3 Å². The highest BCUT2D eigenvalue weighted by atomic mass is 79.9. The summed E-state index contributed by atoms with van der Waals surface area (Å²) in [5.41, 5.74) is 1.85. The number of ether oxygens (including phenoxy) is 2. The van der Waals surface area contributed by atoms with Crippen LogP contribution in [0.4, 0.5) is 4.79 Å². The highest BCUT2D eigenvalue weighted by Gasteiger charge is 2.37. The molecule has 0 radical (unpaired) electrons. The SMILES string of the molecule is N#Cc1ccccc1COc1ccc(Br)cc1C=C1SC(=O)N(CC(=O)N2CCOCC2)C1=O. The van der Waals surface area contributed by atoms with Crippen LogP contribution in [0.5, 0.6) is 5.75 Å². The monoisotopic (exact) mass is 541 g/mol. The van der Waals surface area contributed by atoms with E-state index in [-0.39, 0.29) is 24.0 Å². The second-order valence-electron chi connectivity index (χ2n) is 7.50. The number of morpholine rings is 1. The smallest absolute Gasteiger partial charge is 0.294 e. The Morgan fingerprint density at radius 2 is 1.97 bits per heavy atom. The van der Waals surface area contributed by atoms with Crippen molar-refractivity contribution in [2.24, 2.45) is 0 Å². The van der Waals surface area contributed by atoms with Crippen molar-refractivity contribution in [2.75, 3.05) is 32.8 Å². The van der Waals surface area contributed by atoms with Crippen LogP contribution in [0.15, 0.2) is 51.8 Å². The molecule has 2 aromatic carbocycles. The van der Waals surface area contributed by atoms with Crippen LogP contribution in [0.3, 0.4) is 0 Å². The van der Waals surface area contributed by atoms with Gasteiger partial charge < -0.3 is 14.4 Å². The van der Waals surface area contributed by atoms with Crippen LogP contribution < -0.4 is 4.74 Å². The van der Waals surface area contributed by atoms with Crippen molar-refractivity contribution in [1.82, 2.24) is 9.80 Å². The molecular weight excluding hydrogens is 522 g/mol. The maximum Gasteiger partial charge on any atom is 0.294 e. The van der Waals surface area contributed by atoms with Crippen molar-refractivity contribution in [3.8, 4) is 11.8 Å². The Hall–Kier alpha value is -3.13. The Balaban J connectivity index is 1.51. The van der Waals surface area contributed by atoms with Crippen LogP contribution in [-0.2, 0) is 20.9 Å². The second kappa shape index (κ2) is 10.9. The molecule has 2 fully saturated rings. The lowest BCUT2D eigenvalue weighted by Gasteiger charge is -2.28. The van der Waals surface area contributed by atoms with Gasteiger partial charge in [-0.1, -0.05) is 34.1 Å². The number of hydrogen-bond acceptors (Lipinski definition) is 7. The fourth-order valence-electron chi connectivity index (χ4n) is 3.50. The summed E-state index contributed by atoms with van der Waals surface area (Å²) in [6, 6.07) is 14.6. The first kappa shape index (κ1) is 24.0. The van der Waals surface area contributed by atoms with E-state index < -0.39 is 11.1 Å². The first-order valence-corrected chi connectivity index (χ1v) is 12.1. The van der Waals surface area contributed by atoms with Crippen LogP contribution in [0.25, 0.3) is 6.08 Å². The van der Waals surface area contributed by atoms with Crippen molar-refractivity contribution in [2.45, 2.75) is 6.61 Å². The molecule has 2 aliphatic heterocycles. The third-order valence-electron chi connectivity index (χ3n) is 5.31. The van der Waals surface area contributed by atoms with Gasteiger partial charge in [0, 0.05) is 28.7 Å². The molecule has 0 N–H and O–H groups in total. The number of amides is 3. The topological polar surface area (TPSA) is 99.9 Å². The molecule has 0 spiro atoms. The average molecular weight is 542 g/mol. The van der Waals surface area contributed by atoms with Crippen molar-refractivity contribution in [3.05, 3.63) is 68.5 Å². The van der Waals surface area contributed by atoms with E-state index >= 15 is 0 Å². The summed E-state index contributed by atoms with van der Waals surface area (Å²) in [6.45, 7) is 1.64. The number of thioether (sulfide) groups is 1. The Morgan fingerprint density at radius 3 is 2.74 bits per heavy atom. The highest BCUT2D eigenvalue weighted by molar-refractivity contribution is 9.10. The van der Waals surface area contributed by atoms with Crippen LogP contribution in [-0.4, -0.2) is 59.7 Å². The maximum absolute atomic E-state index is 12.9. The molecule has 0 bridgehead atoms. The average Bonchev–Trinajstić information content (AvgIpc) is 3.11. The third kappa shape index (κ3) is 5.50. The molecule has 4 rings (SSSR count). The van der Waals surface area contributed by atoms with Crippen molar-refractivity contribution in [3.63, 3.8) is 0 Å². The number of halogens is 1. The molecule has 8 nitrogen and oxygen atoms in total. The summed E-state index contributed by atoms with van der Waals surface area (Å²) >= 11 is 4.21. The van der Waals surface area contributed by atoms with Crippen molar-refractivity contribution in [1.29, 1.82) is 5.26 Å². The Kier molecular flexibility index (Phi) is 7.67. The number of benzene rings is 2. The number of carbonyl (C=O) groups excluding carboxylic acids is 3. The number of nitrogens with zero attached hydrogens (tertiary/aromatic N) is 3. The predicted octanol–water partition coefficient (Wildman–Crippen LogP) is 3.79. The largest absolute Gasteiger partial charge is 0.488 e. The maximum atomic E-state index is 12.9. The van der Waals surface area contributed by atoms with Gasteiger partial charge in [0.25, 0.3) is 11.1 Å². The zero-order valence-electron chi connectivity index (χ0n) is 18.0. The first-order valence-electron chi connectivity index (χ1n) is 10.5. The van der Waals surface area contributed by atoms with Gasteiger partial charge in [-0.3, -0.25) is 19.3 Å². The standard InChI is InChI=1S/C24H20BrN3O5S/c25-19-5-6-20(33-15-17-4-2-1-3-16(17)13-26)18(11-19)12-21-23(30)28(24(31)34-21)14-22(29)27-7-9-32-10-8-27/h1-6,11-12H,7-10,14-15H2. The summed E-state index contributed by atoms with van der Waals surface area (Å²) in [4.78, 5) is 40.7. The molecule has 0 aromatic heterocycles. The third-order valence-corrected chi connectivity index (χ3v) is 6.71. The molecule has 2 aliphatic rings. The lowest BCUT2D eigenvalue weighted by atomic mass is 10.1. The minimum Gasteiger partial charge on any atom is -0.488 e. The highest BCUT2D eigenvalue weighted by Crippen LogP contribution is 2.35. The normalized spacial score (nSPS) is 17.2. The van der Waals surface area contributed by atoms with Gasteiger partial charge in [-0.05, 0) is 42.1 Å². The van der Waals surface area contributed by atoms with Gasteiger partial charge in [-0.25, -0.2) is 0 Å². The predicted molar refractivity (Wildman–Crippen MR) is 130 cm³/mol. The molecule has 174 valence electrons. The molecule has 3 amide bonds. The number of carbonyl (C=O) groups is 3. The molecule has 0 aliphatic carbocycles. The quantitative estimate of drug-likeness (QED) is 0.512. The van der Waals surface area contributed by atoms with Gasteiger partial charge in [-0.15, -0.1) is 0 Å². The molecule has 2 saturated heterocycles. The van der Waals surface area contributed by atoms with Gasteiger partial charge in [0.2, 0.25) is 5.91 Å². The molecule has 0 atom stereocenters. The number of imide groups is 1. The van der Waals surface area contributed by atoms with Crippen LogP contribution >= 0.6 is 27.7 Å². The molecule has 34 heavy (non-hydrogen) atoms. The van der Waals surface area contributed by atoms with Crippen molar-refractivity contribution >= 4 is 50.8 Å². The van der Waals surface area contributed by atoms with E-state index in [9.17, 15) is 19.6 Å². The van der Waals surface area contributed by atoms with Gasteiger partial charge in [-0.2, -0.15) is 5.26 Å². The van der Waals surface area contributed by atoms with E-state index in [1.165, 1.54) is 0 Å². The fraction of sp³-hybridized carbons (Fsp3) is 0.250. The molecule has 10 heteroatoms. The molecule has 2 heterocycles. The van der Waals surface area contributed by atoms with E-state index in [1.54, 1.807) is 41.3 Å². The molecular formula is C24H20BrN3O5S. The summed E-state index contributed by atoms with van der Waals surface area (Å²) in [6.07, 6.45) is 1.58. The Labute approximate surface area is 209 Å². The van der Waals surface area contributed by atoms with Crippen molar-refractivity contribution < 1.29 is 23.9 Å². The van der Waals surface area contributed by atoms with Crippen LogP contribution in [0.1, 0.15) is 16.7 Å². The summed E-state index contributed by atoms with van der Waals surface area (Å²) in [7, 11) is 0. The van der Waals surface area contributed by atoms with Gasteiger partial charge in [0.15, 0.2) is 0 Å². The van der Waals surface area contributed by atoms with Gasteiger partial charge in [0.1, 0.15) is 18.9 Å². The van der Waals surface area contributed by atoms with Crippen LogP contribution in [0.2, 0.25) is 0 Å². The lowest BCUT2D eigenvalue weighted by molar-refractivity contribution is -0.139. The van der Waals surface area contributed by atoms with E-state index in [4.69, 9.17) is 9.47 Å². The number of hydrogen-bond donors (Lipinski definition) is 0. The van der Waals surface area contributed by atoms with Gasteiger partial charge in [0.05, 0.1) is 29.8 Å². The van der Waals surface area contributed by atoms with E-state index in [0.29, 0.717) is 43.2 Å². The van der Waals surface area contributed by atoms with E-state index in [0.717, 1.165) is 26.7 Å². The zero-order chi connectivity index (χ0) is 24.1. The molecule has 0 saturated carbocycles. The first-order chi connectivity index (χ1) is 16.5. The van der Waals surface area contributed by atoms with E-state index in [2.05, 4.69) is 22.0 Å². The Bertz CT molecular complexity index is 1200. The Morgan fingerprint density at radius 1 is 1.21 bits per heavy atom. The second-order valence-corrected chi connectivity index (χ2v) is 9.41. The number of nitriles is 1. The minimum atomic E-state index is -0.516. The number of rotatable bonds is 6. The minimum absolute atomic E-state index is 0.168. The fourth-order valence-corrected chi connectivity index (χ4v) is 4.71.